The van der Waals surface area contributed by atoms with Crippen LogP contribution in [0.1, 0.15) is 17.0 Å². The molecule has 0 bridgehead atoms. The monoisotopic (exact) mass is 473 g/mol. The fraction of sp³-hybridized carbons (Fsp3) is 0.107. The van der Waals surface area contributed by atoms with E-state index in [1.807, 2.05) is 91.2 Å². The third-order valence-electron chi connectivity index (χ3n) is 6.28. The Morgan fingerprint density at radius 1 is 0.833 bits per heavy atom. The number of rotatable bonds is 5. The lowest BCUT2D eigenvalue weighted by molar-refractivity contribution is 0.716. The van der Waals surface area contributed by atoms with E-state index in [4.69, 9.17) is 4.98 Å². The van der Waals surface area contributed by atoms with Crippen LogP contribution in [0.5, 0.6) is 0 Å². The van der Waals surface area contributed by atoms with E-state index in [0.717, 1.165) is 22.5 Å². The smallest absolute Gasteiger partial charge is 0.266 e. The fourth-order valence-electron chi connectivity index (χ4n) is 4.51. The Morgan fingerprint density at radius 3 is 2.44 bits per heavy atom. The van der Waals surface area contributed by atoms with Gasteiger partial charge in [-0.15, -0.1) is 0 Å². The van der Waals surface area contributed by atoms with Crippen LogP contribution in [-0.2, 0) is 6.54 Å². The predicted octanol–water partition coefficient (Wildman–Crippen LogP) is 4.93. The van der Waals surface area contributed by atoms with Gasteiger partial charge in [0, 0.05) is 5.69 Å². The standard InChI is InChI=1S/C28H23N7O/c1-18-9-6-7-14-22(18)35-23(33-21-13-8-10-19(2)24(21)28(35)36)15-34-17-31-25-26(29-16-30-27(25)34)32-20-11-4-3-5-12-20/h3-14,16-17H,15H2,1-2H3,(H,29,30,32). The maximum Gasteiger partial charge on any atom is 0.266 e. The van der Waals surface area contributed by atoms with E-state index < -0.39 is 0 Å². The van der Waals surface area contributed by atoms with Crippen LogP contribution in [0.4, 0.5) is 11.5 Å². The first kappa shape index (κ1) is 21.7. The Balaban J connectivity index is 1.51. The summed E-state index contributed by atoms with van der Waals surface area (Å²) in [6.45, 7) is 4.25. The molecular weight excluding hydrogens is 450 g/mol. The van der Waals surface area contributed by atoms with Crippen molar-refractivity contribution in [1.82, 2.24) is 29.1 Å². The van der Waals surface area contributed by atoms with Gasteiger partial charge in [-0.05, 0) is 49.2 Å². The molecule has 8 heteroatoms. The topological polar surface area (TPSA) is 90.5 Å². The van der Waals surface area contributed by atoms with E-state index in [1.54, 1.807) is 10.9 Å². The van der Waals surface area contributed by atoms with Gasteiger partial charge >= 0.3 is 0 Å². The number of imidazole rings is 1. The van der Waals surface area contributed by atoms with E-state index in [-0.39, 0.29) is 5.56 Å². The molecule has 176 valence electrons. The minimum absolute atomic E-state index is 0.0899. The second-order valence-corrected chi connectivity index (χ2v) is 8.68. The third kappa shape index (κ3) is 3.69. The SMILES string of the molecule is Cc1ccccc1-n1c(Cn2cnc3c(Nc4ccccc4)ncnc32)nc2cccc(C)c2c1=O. The minimum atomic E-state index is -0.0899. The summed E-state index contributed by atoms with van der Waals surface area (Å²) >= 11 is 0. The largest absolute Gasteiger partial charge is 0.338 e. The maximum atomic E-state index is 13.8. The molecule has 0 aliphatic rings. The normalized spacial score (nSPS) is 11.3. The van der Waals surface area contributed by atoms with Gasteiger partial charge < -0.3 is 9.88 Å². The van der Waals surface area contributed by atoms with Gasteiger partial charge in [-0.1, -0.05) is 48.5 Å². The van der Waals surface area contributed by atoms with Gasteiger partial charge in [-0.25, -0.2) is 19.9 Å². The van der Waals surface area contributed by atoms with Crippen LogP contribution in [0, 0.1) is 13.8 Å². The molecule has 1 N–H and O–H groups in total. The lowest BCUT2D eigenvalue weighted by atomic mass is 10.1. The van der Waals surface area contributed by atoms with E-state index >= 15 is 0 Å². The number of benzene rings is 3. The first-order chi connectivity index (χ1) is 17.6. The zero-order valence-electron chi connectivity index (χ0n) is 19.9. The number of aryl methyl sites for hydroxylation is 2. The molecule has 0 aliphatic heterocycles. The van der Waals surface area contributed by atoms with E-state index in [1.165, 1.54) is 6.33 Å². The first-order valence-corrected chi connectivity index (χ1v) is 11.7. The molecule has 6 aromatic rings. The van der Waals surface area contributed by atoms with Gasteiger partial charge in [0.05, 0.1) is 29.5 Å². The number of fused-ring (bicyclic) bond motifs is 2. The summed E-state index contributed by atoms with van der Waals surface area (Å²) < 4.78 is 3.60. The van der Waals surface area contributed by atoms with Crippen LogP contribution in [0.15, 0.2) is 90.2 Å². The van der Waals surface area contributed by atoms with Crippen molar-refractivity contribution in [3.8, 4) is 5.69 Å². The molecule has 36 heavy (non-hydrogen) atoms. The molecule has 0 atom stereocenters. The van der Waals surface area contributed by atoms with Crippen LogP contribution in [0.3, 0.4) is 0 Å². The van der Waals surface area contributed by atoms with Gasteiger partial charge in [0.1, 0.15) is 12.2 Å². The number of nitrogens with one attached hydrogen (secondary N) is 1. The van der Waals surface area contributed by atoms with Gasteiger partial charge in [0.2, 0.25) is 0 Å². The summed E-state index contributed by atoms with van der Waals surface area (Å²) in [6.07, 6.45) is 3.22. The highest BCUT2D eigenvalue weighted by atomic mass is 16.1. The van der Waals surface area contributed by atoms with Gasteiger partial charge in [-0.2, -0.15) is 0 Å². The first-order valence-electron chi connectivity index (χ1n) is 11.7. The fourth-order valence-corrected chi connectivity index (χ4v) is 4.51. The lowest BCUT2D eigenvalue weighted by Crippen LogP contribution is -2.26. The molecule has 0 spiro atoms. The number of para-hydroxylation sites is 2. The molecule has 6 rings (SSSR count). The van der Waals surface area contributed by atoms with Crippen LogP contribution in [-0.4, -0.2) is 29.1 Å². The third-order valence-corrected chi connectivity index (χ3v) is 6.28. The Morgan fingerprint density at radius 2 is 1.61 bits per heavy atom. The van der Waals surface area contributed by atoms with E-state index in [0.29, 0.717) is 40.3 Å². The molecule has 8 nitrogen and oxygen atoms in total. The molecular formula is C28H23N7O. The quantitative estimate of drug-likeness (QED) is 0.382. The van der Waals surface area contributed by atoms with Gasteiger partial charge in [0.25, 0.3) is 5.56 Å². The molecule has 0 saturated heterocycles. The molecule has 0 fully saturated rings. The summed E-state index contributed by atoms with van der Waals surface area (Å²) in [5.41, 5.74) is 5.48. The molecule has 3 aromatic heterocycles. The average molecular weight is 474 g/mol. The number of hydrogen-bond acceptors (Lipinski definition) is 6. The minimum Gasteiger partial charge on any atom is -0.338 e. The number of nitrogens with zero attached hydrogens (tertiary/aromatic N) is 6. The second-order valence-electron chi connectivity index (χ2n) is 8.68. The van der Waals surface area contributed by atoms with Crippen molar-refractivity contribution in [2.24, 2.45) is 0 Å². The summed E-state index contributed by atoms with van der Waals surface area (Å²) in [5, 5.41) is 3.93. The highest BCUT2D eigenvalue weighted by molar-refractivity contribution is 5.85. The summed E-state index contributed by atoms with van der Waals surface area (Å²) in [5.74, 6) is 1.21. The van der Waals surface area contributed by atoms with Crippen molar-refractivity contribution in [2.45, 2.75) is 20.4 Å². The van der Waals surface area contributed by atoms with Gasteiger partial charge in [-0.3, -0.25) is 9.36 Å². The zero-order valence-corrected chi connectivity index (χ0v) is 19.9. The molecule has 0 unspecified atom stereocenters. The van der Waals surface area contributed by atoms with E-state index in [9.17, 15) is 4.79 Å². The van der Waals surface area contributed by atoms with Crippen molar-refractivity contribution >= 4 is 33.6 Å². The zero-order chi connectivity index (χ0) is 24.6. The maximum absolute atomic E-state index is 13.8. The Hall–Kier alpha value is -4.85. The van der Waals surface area contributed by atoms with Crippen molar-refractivity contribution in [1.29, 1.82) is 0 Å². The van der Waals surface area contributed by atoms with E-state index in [2.05, 4.69) is 20.3 Å². The van der Waals surface area contributed by atoms with Crippen LogP contribution >= 0.6 is 0 Å². The summed E-state index contributed by atoms with van der Waals surface area (Å²) in [6, 6.07) is 23.4. The van der Waals surface area contributed by atoms with Crippen molar-refractivity contribution in [3.63, 3.8) is 0 Å². The Kier molecular flexibility index (Phi) is 5.26. The molecule has 0 radical (unpaired) electrons. The van der Waals surface area contributed by atoms with Crippen molar-refractivity contribution in [2.75, 3.05) is 5.32 Å². The summed E-state index contributed by atoms with van der Waals surface area (Å²) in [7, 11) is 0. The molecule has 3 aromatic carbocycles. The van der Waals surface area contributed by atoms with Crippen molar-refractivity contribution < 1.29 is 0 Å². The molecule has 3 heterocycles. The Labute approximate surface area is 206 Å². The highest BCUT2D eigenvalue weighted by Crippen LogP contribution is 2.23. The second kappa shape index (κ2) is 8.74. The van der Waals surface area contributed by atoms with Crippen molar-refractivity contribution in [3.05, 3.63) is 113 Å². The number of hydrogen-bond donors (Lipinski definition) is 1. The summed E-state index contributed by atoms with van der Waals surface area (Å²) in [4.78, 5) is 32.3. The van der Waals surface area contributed by atoms with Crippen LogP contribution in [0.25, 0.3) is 27.8 Å². The lowest BCUT2D eigenvalue weighted by Gasteiger charge is -2.16. The van der Waals surface area contributed by atoms with Crippen LogP contribution in [0.2, 0.25) is 0 Å². The average Bonchev–Trinajstić information content (AvgIpc) is 3.29. The molecule has 0 aliphatic carbocycles. The molecule has 0 saturated carbocycles. The highest BCUT2D eigenvalue weighted by Gasteiger charge is 2.18. The Bertz CT molecular complexity index is 1790. The van der Waals surface area contributed by atoms with Gasteiger partial charge in [0.15, 0.2) is 17.0 Å². The molecule has 0 amide bonds. The van der Waals surface area contributed by atoms with Crippen LogP contribution < -0.4 is 10.9 Å². The number of aromatic nitrogens is 6. The predicted molar refractivity (Wildman–Crippen MR) is 141 cm³/mol. The number of anilines is 2.